The summed E-state index contributed by atoms with van der Waals surface area (Å²) in [5.41, 5.74) is 2.28. The lowest BCUT2D eigenvalue weighted by Crippen LogP contribution is -2.29. The third-order valence-electron chi connectivity index (χ3n) is 5.20. The normalized spacial score (nSPS) is 18.1. The fraction of sp³-hybridized carbons (Fsp3) is 0.167. The third-order valence-corrected chi connectivity index (χ3v) is 5.20. The van der Waals surface area contributed by atoms with Gasteiger partial charge in [-0.05, 0) is 48.9 Å². The van der Waals surface area contributed by atoms with Crippen molar-refractivity contribution in [2.45, 2.75) is 19.5 Å². The van der Waals surface area contributed by atoms with E-state index >= 15 is 0 Å². The predicted molar refractivity (Wildman–Crippen MR) is 111 cm³/mol. The number of ether oxygens (including phenoxy) is 1. The molecular weight excluding hydrogens is 382 g/mol. The lowest BCUT2D eigenvalue weighted by atomic mass is 9.94. The van der Waals surface area contributed by atoms with Crippen LogP contribution in [0.5, 0.6) is 5.75 Å². The van der Waals surface area contributed by atoms with Gasteiger partial charge in [-0.2, -0.15) is 0 Å². The number of likely N-dealkylation sites (tertiary alicyclic amines) is 1. The maximum Gasteiger partial charge on any atom is 0.296 e. The van der Waals surface area contributed by atoms with Crippen molar-refractivity contribution in [1.29, 1.82) is 0 Å². The Hall–Kier alpha value is -3.80. The summed E-state index contributed by atoms with van der Waals surface area (Å²) in [7, 11) is 1.55. The number of hydrogen-bond acceptors (Lipinski definition) is 5. The maximum atomic E-state index is 13.0. The maximum absolute atomic E-state index is 13.0. The molecule has 1 fully saturated rings. The van der Waals surface area contributed by atoms with Gasteiger partial charge in [-0.25, -0.2) is 0 Å². The second kappa shape index (κ2) is 7.91. The Morgan fingerprint density at radius 2 is 1.77 bits per heavy atom. The zero-order valence-corrected chi connectivity index (χ0v) is 16.7. The Kier molecular flexibility index (Phi) is 5.14. The van der Waals surface area contributed by atoms with Gasteiger partial charge < -0.3 is 19.2 Å². The molecule has 3 aromatic rings. The number of methoxy groups -OCH3 is 1. The van der Waals surface area contributed by atoms with Gasteiger partial charge in [0.2, 0.25) is 0 Å². The Balaban J connectivity index is 1.84. The van der Waals surface area contributed by atoms with E-state index in [1.165, 1.54) is 11.2 Å². The van der Waals surface area contributed by atoms with Crippen LogP contribution in [0.3, 0.4) is 0 Å². The molecule has 1 atom stereocenters. The number of hydrogen-bond donors (Lipinski definition) is 1. The molecule has 1 aliphatic rings. The van der Waals surface area contributed by atoms with E-state index in [-0.39, 0.29) is 17.9 Å². The SMILES string of the molecule is COc1ccc(/C(O)=C2\C(=O)C(=O)N(Cc3ccco3)[C@@H]2c2ccc(C)cc2)cc1. The second-order valence-corrected chi connectivity index (χ2v) is 7.15. The predicted octanol–water partition coefficient (Wildman–Crippen LogP) is 4.22. The van der Waals surface area contributed by atoms with Gasteiger partial charge in [0.25, 0.3) is 11.7 Å². The van der Waals surface area contributed by atoms with E-state index in [1.807, 2.05) is 31.2 Å². The molecule has 0 aliphatic carbocycles. The smallest absolute Gasteiger partial charge is 0.296 e. The highest BCUT2D eigenvalue weighted by Gasteiger charge is 2.46. The molecule has 1 N–H and O–H groups in total. The summed E-state index contributed by atoms with van der Waals surface area (Å²) in [6.07, 6.45) is 1.52. The number of ketones is 1. The van der Waals surface area contributed by atoms with Crippen molar-refractivity contribution < 1.29 is 23.8 Å². The van der Waals surface area contributed by atoms with Crippen molar-refractivity contribution in [2.75, 3.05) is 7.11 Å². The Bertz CT molecular complexity index is 1100. The number of aliphatic hydroxyl groups excluding tert-OH is 1. The Labute approximate surface area is 174 Å². The zero-order chi connectivity index (χ0) is 21.3. The highest BCUT2D eigenvalue weighted by molar-refractivity contribution is 6.46. The standard InChI is InChI=1S/C24H21NO5/c1-15-5-7-16(8-6-15)21-20(22(26)17-9-11-18(29-2)12-10-17)23(27)24(28)25(21)14-19-4-3-13-30-19/h3-13,21,26H,14H2,1-2H3/b22-20+/t21-/m1/s1. The van der Waals surface area contributed by atoms with Crippen LogP contribution in [0, 0.1) is 6.92 Å². The highest BCUT2D eigenvalue weighted by Crippen LogP contribution is 2.40. The van der Waals surface area contributed by atoms with Gasteiger partial charge in [0.05, 0.1) is 31.5 Å². The van der Waals surface area contributed by atoms with Crippen molar-refractivity contribution in [3.63, 3.8) is 0 Å². The van der Waals surface area contributed by atoms with E-state index in [9.17, 15) is 14.7 Å². The van der Waals surface area contributed by atoms with Crippen molar-refractivity contribution in [3.8, 4) is 5.75 Å². The van der Waals surface area contributed by atoms with Gasteiger partial charge in [-0.15, -0.1) is 0 Å². The minimum atomic E-state index is -0.724. The summed E-state index contributed by atoms with van der Waals surface area (Å²) in [4.78, 5) is 27.3. The number of furan rings is 1. The van der Waals surface area contributed by atoms with Crippen LogP contribution < -0.4 is 4.74 Å². The van der Waals surface area contributed by atoms with Crippen molar-refractivity contribution in [2.24, 2.45) is 0 Å². The molecule has 1 saturated heterocycles. The molecule has 0 radical (unpaired) electrons. The summed E-state index contributed by atoms with van der Waals surface area (Å²) >= 11 is 0. The summed E-state index contributed by atoms with van der Waals surface area (Å²) < 4.78 is 10.5. The number of carbonyl (C=O) groups excluding carboxylic acids is 2. The van der Waals surface area contributed by atoms with E-state index in [4.69, 9.17) is 9.15 Å². The zero-order valence-electron chi connectivity index (χ0n) is 16.7. The lowest BCUT2D eigenvalue weighted by Gasteiger charge is -2.24. The third kappa shape index (κ3) is 3.48. The molecule has 0 spiro atoms. The van der Waals surface area contributed by atoms with Crippen LogP contribution in [-0.4, -0.2) is 28.8 Å². The summed E-state index contributed by atoms with van der Waals surface area (Å²) in [6.45, 7) is 2.08. The average molecular weight is 403 g/mol. The molecular formula is C24H21NO5. The lowest BCUT2D eigenvalue weighted by molar-refractivity contribution is -0.140. The molecule has 1 aliphatic heterocycles. The van der Waals surface area contributed by atoms with E-state index in [2.05, 4.69) is 0 Å². The highest BCUT2D eigenvalue weighted by atomic mass is 16.5. The average Bonchev–Trinajstić information content (AvgIpc) is 3.36. The van der Waals surface area contributed by atoms with E-state index in [0.717, 1.165) is 11.1 Å². The fourth-order valence-electron chi connectivity index (χ4n) is 3.61. The number of aryl methyl sites for hydroxylation is 1. The van der Waals surface area contributed by atoms with E-state index in [1.54, 1.807) is 43.5 Å². The topological polar surface area (TPSA) is 80.0 Å². The number of carbonyl (C=O) groups is 2. The van der Waals surface area contributed by atoms with Crippen LogP contribution in [0.25, 0.3) is 5.76 Å². The number of amides is 1. The first kappa shape index (κ1) is 19.5. The number of aliphatic hydroxyl groups is 1. The first-order chi connectivity index (χ1) is 14.5. The van der Waals surface area contributed by atoms with Crippen LogP contribution in [0.4, 0.5) is 0 Å². The fourth-order valence-corrected chi connectivity index (χ4v) is 3.61. The molecule has 2 aromatic carbocycles. The molecule has 6 heteroatoms. The molecule has 0 unspecified atom stereocenters. The van der Waals surface area contributed by atoms with Crippen molar-refractivity contribution >= 4 is 17.4 Å². The van der Waals surface area contributed by atoms with Gasteiger partial charge >= 0.3 is 0 Å². The first-order valence-electron chi connectivity index (χ1n) is 9.51. The Morgan fingerprint density at radius 3 is 2.37 bits per heavy atom. The van der Waals surface area contributed by atoms with Crippen LogP contribution in [-0.2, 0) is 16.1 Å². The molecule has 152 valence electrons. The number of Topliss-reactive ketones (excluding diaryl/α,β-unsaturated/α-hetero) is 1. The van der Waals surface area contributed by atoms with Crippen LogP contribution in [0.15, 0.2) is 76.9 Å². The molecule has 0 bridgehead atoms. The molecule has 1 amide bonds. The van der Waals surface area contributed by atoms with Crippen LogP contribution >= 0.6 is 0 Å². The van der Waals surface area contributed by atoms with Gasteiger partial charge in [-0.1, -0.05) is 29.8 Å². The summed E-state index contributed by atoms with van der Waals surface area (Å²) in [5.74, 6) is -0.436. The van der Waals surface area contributed by atoms with Gasteiger partial charge in [0, 0.05) is 5.56 Å². The van der Waals surface area contributed by atoms with E-state index in [0.29, 0.717) is 17.1 Å². The minimum Gasteiger partial charge on any atom is -0.507 e. The molecule has 2 heterocycles. The van der Waals surface area contributed by atoms with Crippen LogP contribution in [0.2, 0.25) is 0 Å². The van der Waals surface area contributed by atoms with Gasteiger partial charge in [0.15, 0.2) is 0 Å². The number of nitrogens with zero attached hydrogens (tertiary/aromatic N) is 1. The van der Waals surface area contributed by atoms with Crippen molar-refractivity contribution in [3.05, 3.63) is 95.0 Å². The number of benzene rings is 2. The molecule has 0 saturated carbocycles. The summed E-state index contributed by atoms with van der Waals surface area (Å²) in [6, 6.07) is 17.0. The first-order valence-corrected chi connectivity index (χ1v) is 9.51. The van der Waals surface area contributed by atoms with E-state index < -0.39 is 17.7 Å². The monoisotopic (exact) mass is 403 g/mol. The molecule has 1 aromatic heterocycles. The van der Waals surface area contributed by atoms with Gasteiger partial charge in [0.1, 0.15) is 17.3 Å². The largest absolute Gasteiger partial charge is 0.507 e. The van der Waals surface area contributed by atoms with Crippen molar-refractivity contribution in [1.82, 2.24) is 4.90 Å². The second-order valence-electron chi connectivity index (χ2n) is 7.15. The molecule has 4 rings (SSSR count). The van der Waals surface area contributed by atoms with Gasteiger partial charge in [-0.3, -0.25) is 9.59 Å². The Morgan fingerprint density at radius 1 is 1.07 bits per heavy atom. The number of rotatable bonds is 5. The quantitative estimate of drug-likeness (QED) is 0.392. The minimum absolute atomic E-state index is 0.0561. The summed E-state index contributed by atoms with van der Waals surface area (Å²) in [5, 5.41) is 11.0. The van der Waals surface area contributed by atoms with Crippen LogP contribution in [0.1, 0.15) is 28.5 Å². The molecule has 30 heavy (non-hydrogen) atoms. The molecule has 6 nitrogen and oxygen atoms in total.